The lowest BCUT2D eigenvalue weighted by Gasteiger charge is -2.12. The van der Waals surface area contributed by atoms with Crippen molar-refractivity contribution in [3.05, 3.63) is 106 Å². The molecule has 0 aromatic heterocycles. The molecule has 4 N–H and O–H groups in total. The fraction of sp³-hybridized carbons (Fsp3) is 0.355. The number of nitrogens with one attached hydrogen (secondary N) is 4. The highest BCUT2D eigenvalue weighted by Gasteiger charge is 2.06. The van der Waals surface area contributed by atoms with Gasteiger partial charge >= 0.3 is 0 Å². The van der Waals surface area contributed by atoms with Crippen molar-refractivity contribution >= 4 is 36.5 Å². The van der Waals surface area contributed by atoms with E-state index in [4.69, 9.17) is 10.8 Å². The summed E-state index contributed by atoms with van der Waals surface area (Å²) in [5.74, 6) is 0.963. The molecule has 3 rings (SSSR count). The Labute approximate surface area is 235 Å². The second-order valence-electron chi connectivity index (χ2n) is 10.1. The average Bonchev–Trinajstić information content (AvgIpc) is 2.81. The number of aryl methyl sites for hydroxylation is 5. The Kier molecular flexibility index (Phi) is 13.4. The van der Waals surface area contributed by atoms with Crippen LogP contribution in [-0.2, 0) is 25.7 Å². The largest absolute Gasteiger partial charge is 0.368 e. The Morgan fingerprint density at radius 2 is 0.892 bits per heavy atom. The molecule has 37 heavy (non-hydrogen) atoms. The molecular formula is C31H42Cl2N4. The molecule has 0 saturated carbocycles. The Hall–Kier alpha value is -2.82. The van der Waals surface area contributed by atoms with Crippen LogP contribution in [0.1, 0.15) is 66.6 Å². The summed E-state index contributed by atoms with van der Waals surface area (Å²) in [7, 11) is 0. The lowest BCUT2D eigenvalue weighted by atomic mass is 9.96. The van der Waals surface area contributed by atoms with E-state index < -0.39 is 0 Å². The van der Waals surface area contributed by atoms with Gasteiger partial charge < -0.3 is 10.6 Å². The molecule has 6 heteroatoms. The predicted octanol–water partition coefficient (Wildman–Crippen LogP) is 7.06. The summed E-state index contributed by atoms with van der Waals surface area (Å²) in [6, 6.07) is 24.2. The fourth-order valence-corrected chi connectivity index (χ4v) is 4.23. The van der Waals surface area contributed by atoms with Crippen molar-refractivity contribution < 1.29 is 0 Å². The molecule has 200 valence electrons. The standard InChI is InChI=1S/C31H40N4.2ClH/c1-21(2)34-30(32)28-14-10-24(11-15-28)6-8-26-18-23(5)19-27(20-26)9-7-25-12-16-29(17-13-25)31(33)35-22(3)4;;/h10-22H,6-9H2,1-5H3,(H2,32,34)(H2,33,35);2*1H. The number of halogens is 2. The van der Waals surface area contributed by atoms with Gasteiger partial charge in [0.1, 0.15) is 11.7 Å². The molecule has 0 spiro atoms. The van der Waals surface area contributed by atoms with Crippen LogP contribution in [0, 0.1) is 17.7 Å². The number of rotatable bonds is 10. The second kappa shape index (κ2) is 15.4. The van der Waals surface area contributed by atoms with Gasteiger partial charge in [0.25, 0.3) is 0 Å². The van der Waals surface area contributed by atoms with Gasteiger partial charge in [0.05, 0.1) is 0 Å². The number of benzene rings is 3. The summed E-state index contributed by atoms with van der Waals surface area (Å²) < 4.78 is 0. The van der Waals surface area contributed by atoms with Crippen LogP contribution in [0.25, 0.3) is 0 Å². The van der Waals surface area contributed by atoms with Gasteiger partial charge in [-0.25, -0.2) is 0 Å². The van der Waals surface area contributed by atoms with Gasteiger partial charge in [-0.2, -0.15) is 0 Å². The number of hydrogen-bond donors (Lipinski definition) is 4. The van der Waals surface area contributed by atoms with E-state index in [2.05, 4.69) is 60.0 Å². The molecule has 0 amide bonds. The molecule has 0 fully saturated rings. The normalized spacial score (nSPS) is 10.5. The molecule has 0 heterocycles. The molecule has 4 nitrogen and oxygen atoms in total. The molecule has 0 aliphatic rings. The summed E-state index contributed by atoms with van der Waals surface area (Å²) in [6.07, 6.45) is 4.00. The Morgan fingerprint density at radius 1 is 0.568 bits per heavy atom. The quantitative estimate of drug-likeness (QED) is 0.164. The maximum Gasteiger partial charge on any atom is 0.125 e. The summed E-state index contributed by atoms with van der Waals surface area (Å²) in [4.78, 5) is 0. The Bertz CT molecular complexity index is 1050. The molecule has 0 bridgehead atoms. The molecule has 0 radical (unpaired) electrons. The first-order valence-electron chi connectivity index (χ1n) is 12.7. The first kappa shape index (κ1) is 32.2. The second-order valence-corrected chi connectivity index (χ2v) is 10.1. The SMILES string of the molecule is Cc1cc(CCc2ccc(C(=N)NC(C)C)cc2)cc(CCc2ccc(C(=N)NC(C)C)cc2)c1.Cl.Cl. The van der Waals surface area contributed by atoms with Gasteiger partial charge in [-0.3, -0.25) is 10.8 Å². The molecular weight excluding hydrogens is 499 g/mol. The van der Waals surface area contributed by atoms with Crippen LogP contribution in [0.5, 0.6) is 0 Å². The summed E-state index contributed by atoms with van der Waals surface area (Å²) >= 11 is 0. The van der Waals surface area contributed by atoms with Gasteiger partial charge in [0, 0.05) is 23.2 Å². The molecule has 3 aromatic rings. The van der Waals surface area contributed by atoms with Crippen molar-refractivity contribution in [1.82, 2.24) is 10.6 Å². The van der Waals surface area contributed by atoms with Crippen LogP contribution in [0.4, 0.5) is 0 Å². The van der Waals surface area contributed by atoms with Gasteiger partial charge in [-0.15, -0.1) is 24.8 Å². The third-order valence-corrected chi connectivity index (χ3v) is 5.95. The van der Waals surface area contributed by atoms with Crippen LogP contribution in [0.3, 0.4) is 0 Å². The Balaban J connectivity index is 0.00000342. The van der Waals surface area contributed by atoms with Crippen molar-refractivity contribution in [3.63, 3.8) is 0 Å². The van der Waals surface area contributed by atoms with E-state index in [1.165, 1.54) is 27.8 Å². The van der Waals surface area contributed by atoms with Crippen LogP contribution in [0.15, 0.2) is 66.7 Å². The van der Waals surface area contributed by atoms with E-state index >= 15 is 0 Å². The highest BCUT2D eigenvalue weighted by molar-refractivity contribution is 5.97. The highest BCUT2D eigenvalue weighted by Crippen LogP contribution is 2.16. The van der Waals surface area contributed by atoms with Crippen molar-refractivity contribution in [2.24, 2.45) is 0 Å². The zero-order valence-corrected chi connectivity index (χ0v) is 24.3. The van der Waals surface area contributed by atoms with E-state index in [9.17, 15) is 0 Å². The van der Waals surface area contributed by atoms with E-state index in [1.807, 2.05) is 52.0 Å². The molecule has 3 aromatic carbocycles. The van der Waals surface area contributed by atoms with Gasteiger partial charge in [-0.1, -0.05) is 72.3 Å². The van der Waals surface area contributed by atoms with Crippen LogP contribution in [-0.4, -0.2) is 23.8 Å². The van der Waals surface area contributed by atoms with Crippen LogP contribution < -0.4 is 10.6 Å². The first-order chi connectivity index (χ1) is 16.7. The van der Waals surface area contributed by atoms with E-state index in [1.54, 1.807) is 0 Å². The first-order valence-corrected chi connectivity index (χ1v) is 12.7. The van der Waals surface area contributed by atoms with Gasteiger partial charge in [0.15, 0.2) is 0 Å². The van der Waals surface area contributed by atoms with Crippen molar-refractivity contribution in [3.8, 4) is 0 Å². The highest BCUT2D eigenvalue weighted by atomic mass is 35.5. The fourth-order valence-electron chi connectivity index (χ4n) is 4.23. The summed E-state index contributed by atoms with van der Waals surface area (Å²) in [5, 5.41) is 22.6. The van der Waals surface area contributed by atoms with E-state index in [0.717, 1.165) is 36.8 Å². The molecule has 0 saturated heterocycles. The minimum absolute atomic E-state index is 0. The van der Waals surface area contributed by atoms with E-state index in [-0.39, 0.29) is 36.9 Å². The topological polar surface area (TPSA) is 71.8 Å². The molecule has 0 aliphatic carbocycles. The minimum Gasteiger partial charge on any atom is -0.368 e. The van der Waals surface area contributed by atoms with Gasteiger partial charge in [0.2, 0.25) is 0 Å². The molecule has 0 atom stereocenters. The predicted molar refractivity (Wildman–Crippen MR) is 164 cm³/mol. The van der Waals surface area contributed by atoms with Gasteiger partial charge in [-0.05, 0) is 82.6 Å². The molecule has 0 aliphatic heterocycles. The zero-order valence-electron chi connectivity index (χ0n) is 22.7. The maximum absolute atomic E-state index is 8.15. The lowest BCUT2D eigenvalue weighted by molar-refractivity contribution is 0.730. The summed E-state index contributed by atoms with van der Waals surface area (Å²) in [5.41, 5.74) is 8.52. The number of amidine groups is 2. The smallest absolute Gasteiger partial charge is 0.125 e. The van der Waals surface area contributed by atoms with Crippen molar-refractivity contribution in [2.45, 2.75) is 72.4 Å². The van der Waals surface area contributed by atoms with Crippen LogP contribution in [0.2, 0.25) is 0 Å². The van der Waals surface area contributed by atoms with Crippen molar-refractivity contribution in [2.75, 3.05) is 0 Å². The third kappa shape index (κ3) is 10.6. The lowest BCUT2D eigenvalue weighted by Crippen LogP contribution is -2.30. The monoisotopic (exact) mass is 540 g/mol. The Morgan fingerprint density at radius 3 is 1.22 bits per heavy atom. The number of hydrogen-bond acceptors (Lipinski definition) is 2. The van der Waals surface area contributed by atoms with Crippen LogP contribution >= 0.6 is 24.8 Å². The zero-order chi connectivity index (χ0) is 25.4. The third-order valence-electron chi connectivity index (χ3n) is 5.95. The maximum atomic E-state index is 8.15. The average molecular weight is 542 g/mol. The molecule has 0 unspecified atom stereocenters. The van der Waals surface area contributed by atoms with E-state index in [0.29, 0.717) is 11.7 Å². The summed E-state index contributed by atoms with van der Waals surface area (Å²) in [6.45, 7) is 10.4. The van der Waals surface area contributed by atoms with Crippen molar-refractivity contribution in [1.29, 1.82) is 10.8 Å². The minimum atomic E-state index is 0.